The zero-order valence-electron chi connectivity index (χ0n) is 4.96. The Bertz CT molecular complexity index is 111. The monoisotopic (exact) mass is 114 g/mol. The van der Waals surface area contributed by atoms with Crippen LogP contribution in [0.25, 0.3) is 0 Å². The molecule has 0 spiro atoms. The van der Waals surface area contributed by atoms with Gasteiger partial charge < -0.3 is 10.1 Å². The first-order chi connectivity index (χ1) is 3.84. The Balaban J connectivity index is 2.55. The summed E-state index contributed by atoms with van der Waals surface area (Å²) in [6, 6.07) is 0. The van der Waals surface area contributed by atoms with Crippen LogP contribution >= 0.6 is 0 Å². The Kier molecular flexibility index (Phi) is 1.37. The minimum atomic E-state index is 0.810. The van der Waals surface area contributed by atoms with E-state index < -0.39 is 0 Å². The maximum absolute atomic E-state index is 8.28. The van der Waals surface area contributed by atoms with Crippen LogP contribution in [0.15, 0.2) is 5.16 Å². The second-order valence-corrected chi connectivity index (χ2v) is 2.04. The standard InChI is InChI=1S/C5H10N2O/c1-7-4-2-3-5(7)6-8/h8H,2-4H2,1H3/b6-5-. The maximum Gasteiger partial charge on any atom is 0.144 e. The van der Waals surface area contributed by atoms with E-state index in [9.17, 15) is 0 Å². The molecule has 0 amide bonds. The third-order valence-electron chi connectivity index (χ3n) is 1.45. The third kappa shape index (κ3) is 0.757. The van der Waals surface area contributed by atoms with Gasteiger partial charge >= 0.3 is 0 Å². The molecule has 1 aliphatic heterocycles. The second kappa shape index (κ2) is 2.03. The van der Waals surface area contributed by atoms with Crippen LogP contribution in [0, 0.1) is 0 Å². The second-order valence-electron chi connectivity index (χ2n) is 2.04. The molecule has 1 aliphatic rings. The van der Waals surface area contributed by atoms with Crippen molar-refractivity contribution in [2.45, 2.75) is 12.8 Å². The number of likely N-dealkylation sites (tertiary alicyclic amines) is 1. The van der Waals surface area contributed by atoms with E-state index in [0.29, 0.717) is 0 Å². The highest BCUT2D eigenvalue weighted by atomic mass is 16.4. The summed E-state index contributed by atoms with van der Waals surface area (Å²) in [5.41, 5.74) is 0. The van der Waals surface area contributed by atoms with E-state index in [1.54, 1.807) is 0 Å². The molecule has 0 atom stereocenters. The number of nitrogens with zero attached hydrogens (tertiary/aromatic N) is 2. The van der Waals surface area contributed by atoms with Crippen molar-refractivity contribution in [3.8, 4) is 0 Å². The van der Waals surface area contributed by atoms with Crippen molar-refractivity contribution in [2.24, 2.45) is 5.16 Å². The summed E-state index contributed by atoms with van der Waals surface area (Å²) in [6.07, 6.45) is 2.04. The largest absolute Gasteiger partial charge is 0.409 e. The van der Waals surface area contributed by atoms with Crippen molar-refractivity contribution in [3.63, 3.8) is 0 Å². The molecule has 1 rings (SSSR count). The zero-order valence-corrected chi connectivity index (χ0v) is 4.96. The van der Waals surface area contributed by atoms with Crippen LogP contribution in [0.5, 0.6) is 0 Å². The maximum atomic E-state index is 8.28. The molecule has 0 aliphatic carbocycles. The van der Waals surface area contributed by atoms with Gasteiger partial charge in [-0.2, -0.15) is 0 Å². The summed E-state index contributed by atoms with van der Waals surface area (Å²) in [7, 11) is 1.93. The van der Waals surface area contributed by atoms with Crippen LogP contribution in [-0.2, 0) is 0 Å². The fraction of sp³-hybridized carbons (Fsp3) is 0.800. The molecular weight excluding hydrogens is 104 g/mol. The van der Waals surface area contributed by atoms with E-state index in [2.05, 4.69) is 5.16 Å². The minimum Gasteiger partial charge on any atom is -0.409 e. The molecular formula is C5H10N2O. The summed E-state index contributed by atoms with van der Waals surface area (Å²) < 4.78 is 0. The lowest BCUT2D eigenvalue weighted by molar-refractivity contribution is 0.309. The molecule has 3 nitrogen and oxygen atoms in total. The number of hydrogen-bond donors (Lipinski definition) is 1. The molecule has 0 saturated carbocycles. The molecule has 0 unspecified atom stereocenters. The lowest BCUT2D eigenvalue weighted by Crippen LogP contribution is -2.18. The average Bonchev–Trinajstić information content (AvgIpc) is 2.14. The lowest BCUT2D eigenvalue weighted by atomic mass is 10.4. The zero-order chi connectivity index (χ0) is 5.98. The molecule has 1 saturated heterocycles. The van der Waals surface area contributed by atoms with Crippen molar-refractivity contribution >= 4 is 5.84 Å². The highest BCUT2D eigenvalue weighted by molar-refractivity contribution is 5.83. The van der Waals surface area contributed by atoms with Crippen molar-refractivity contribution in [1.29, 1.82) is 0 Å². The highest BCUT2D eigenvalue weighted by Gasteiger charge is 2.13. The van der Waals surface area contributed by atoms with Crippen molar-refractivity contribution in [1.82, 2.24) is 4.90 Å². The van der Waals surface area contributed by atoms with Gasteiger partial charge in [-0.05, 0) is 6.42 Å². The fourth-order valence-electron chi connectivity index (χ4n) is 0.921. The van der Waals surface area contributed by atoms with Crippen molar-refractivity contribution in [3.05, 3.63) is 0 Å². The quantitative estimate of drug-likeness (QED) is 0.367. The highest BCUT2D eigenvalue weighted by Crippen LogP contribution is 2.07. The number of rotatable bonds is 0. The Morgan fingerprint density at radius 3 is 2.75 bits per heavy atom. The SMILES string of the molecule is CN1CCC/C1=N/O. The number of oxime groups is 1. The van der Waals surface area contributed by atoms with Gasteiger partial charge in [-0.3, -0.25) is 0 Å². The third-order valence-corrected chi connectivity index (χ3v) is 1.45. The van der Waals surface area contributed by atoms with Crippen LogP contribution in [-0.4, -0.2) is 29.5 Å². The van der Waals surface area contributed by atoms with Gasteiger partial charge in [0.15, 0.2) is 0 Å². The summed E-state index contributed by atoms with van der Waals surface area (Å²) in [4.78, 5) is 1.96. The molecule has 46 valence electrons. The average molecular weight is 114 g/mol. The first-order valence-corrected chi connectivity index (χ1v) is 2.76. The molecule has 0 aromatic carbocycles. The minimum absolute atomic E-state index is 0.810. The van der Waals surface area contributed by atoms with E-state index in [0.717, 1.165) is 25.2 Å². The van der Waals surface area contributed by atoms with Crippen molar-refractivity contribution < 1.29 is 5.21 Å². The van der Waals surface area contributed by atoms with Gasteiger partial charge in [0.25, 0.3) is 0 Å². The molecule has 8 heavy (non-hydrogen) atoms. The molecule has 0 radical (unpaired) electrons. The molecule has 1 N–H and O–H groups in total. The lowest BCUT2D eigenvalue weighted by Gasteiger charge is -2.07. The Hall–Kier alpha value is -0.730. The van der Waals surface area contributed by atoms with E-state index in [-0.39, 0.29) is 0 Å². The van der Waals surface area contributed by atoms with Crippen LogP contribution in [0.3, 0.4) is 0 Å². The van der Waals surface area contributed by atoms with Crippen LogP contribution < -0.4 is 0 Å². The van der Waals surface area contributed by atoms with Crippen LogP contribution in [0.4, 0.5) is 0 Å². The van der Waals surface area contributed by atoms with Gasteiger partial charge in [-0.1, -0.05) is 5.16 Å². The summed E-state index contributed by atoms with van der Waals surface area (Å²) in [5, 5.41) is 11.4. The summed E-state index contributed by atoms with van der Waals surface area (Å²) in [5.74, 6) is 0.810. The smallest absolute Gasteiger partial charge is 0.144 e. The predicted octanol–water partition coefficient (Wildman–Crippen LogP) is 0.500. The topological polar surface area (TPSA) is 35.8 Å². The normalized spacial score (nSPS) is 25.1. The van der Waals surface area contributed by atoms with E-state index in [4.69, 9.17) is 5.21 Å². The molecule has 3 heteroatoms. The van der Waals surface area contributed by atoms with E-state index >= 15 is 0 Å². The van der Waals surface area contributed by atoms with Gasteiger partial charge in [0.2, 0.25) is 0 Å². The molecule has 0 aromatic heterocycles. The Morgan fingerprint density at radius 1 is 1.75 bits per heavy atom. The molecule has 0 aromatic rings. The predicted molar refractivity (Wildman–Crippen MR) is 31.1 cm³/mol. The molecule has 1 heterocycles. The number of amidine groups is 1. The Morgan fingerprint density at radius 2 is 2.50 bits per heavy atom. The first kappa shape index (κ1) is 5.41. The summed E-state index contributed by atoms with van der Waals surface area (Å²) in [6.45, 7) is 1.03. The summed E-state index contributed by atoms with van der Waals surface area (Å²) >= 11 is 0. The Labute approximate surface area is 48.6 Å². The van der Waals surface area contributed by atoms with Gasteiger partial charge in [-0.25, -0.2) is 0 Å². The molecule has 1 fully saturated rings. The van der Waals surface area contributed by atoms with Gasteiger partial charge in [-0.15, -0.1) is 0 Å². The van der Waals surface area contributed by atoms with Crippen LogP contribution in [0.2, 0.25) is 0 Å². The van der Waals surface area contributed by atoms with Gasteiger partial charge in [0.1, 0.15) is 5.84 Å². The number of hydrogen-bond acceptors (Lipinski definition) is 2. The van der Waals surface area contributed by atoms with Gasteiger partial charge in [0, 0.05) is 20.0 Å². The van der Waals surface area contributed by atoms with Crippen molar-refractivity contribution in [2.75, 3.05) is 13.6 Å². The fourth-order valence-corrected chi connectivity index (χ4v) is 0.921. The van der Waals surface area contributed by atoms with Gasteiger partial charge in [0.05, 0.1) is 0 Å². The van der Waals surface area contributed by atoms with Crippen LogP contribution in [0.1, 0.15) is 12.8 Å². The van der Waals surface area contributed by atoms with E-state index in [1.807, 2.05) is 11.9 Å². The first-order valence-electron chi connectivity index (χ1n) is 2.76. The van der Waals surface area contributed by atoms with E-state index in [1.165, 1.54) is 0 Å². The molecule has 0 bridgehead atoms.